The average Bonchev–Trinajstić information content (AvgIpc) is 3.08. The molecule has 0 N–H and O–H groups in total. The Hall–Kier alpha value is -5.01. The summed E-state index contributed by atoms with van der Waals surface area (Å²) in [7, 11) is 0. The van der Waals surface area contributed by atoms with Crippen LogP contribution < -0.4 is 0 Å². The fourth-order valence-corrected chi connectivity index (χ4v) is 6.64. The van der Waals surface area contributed by atoms with Gasteiger partial charge in [0.1, 0.15) is 0 Å². The van der Waals surface area contributed by atoms with Crippen LogP contribution in [0.3, 0.4) is 0 Å². The van der Waals surface area contributed by atoms with Crippen LogP contribution in [0.1, 0.15) is 65.1 Å². The first-order chi connectivity index (χ1) is 21.7. The lowest BCUT2D eigenvalue weighted by atomic mass is 9.83. The van der Waals surface area contributed by atoms with E-state index in [4.69, 9.17) is 0 Å². The van der Waals surface area contributed by atoms with E-state index in [1.165, 1.54) is 49.4 Å². The fraction of sp³-hybridized carbons (Fsp3) is 0.140. The quantitative estimate of drug-likeness (QED) is 0.120. The van der Waals surface area contributed by atoms with Crippen molar-refractivity contribution in [3.05, 3.63) is 180 Å². The first kappa shape index (κ1) is 29.1. The number of rotatable bonds is 10. The number of nitrogens with zero attached hydrogens (tertiary/aromatic N) is 1. The van der Waals surface area contributed by atoms with Crippen molar-refractivity contribution >= 4 is 39.3 Å². The highest BCUT2D eigenvalue weighted by molar-refractivity contribution is 6.06. The van der Waals surface area contributed by atoms with Crippen LogP contribution in [0.15, 0.2) is 147 Å². The van der Waals surface area contributed by atoms with Crippen LogP contribution in [-0.2, 0) is 6.42 Å². The molecule has 1 aliphatic carbocycles. The molecule has 44 heavy (non-hydrogen) atoms. The number of aromatic nitrogens is 1. The van der Waals surface area contributed by atoms with Gasteiger partial charge in [-0.3, -0.25) is 4.98 Å². The van der Waals surface area contributed by atoms with Gasteiger partial charge in [-0.05, 0) is 99.3 Å². The lowest BCUT2D eigenvalue weighted by Crippen LogP contribution is -2.01. The number of allylic oxidation sites excluding steroid dienone is 8. The minimum Gasteiger partial charge on any atom is -0.261 e. The van der Waals surface area contributed by atoms with Gasteiger partial charge in [0.05, 0.1) is 0 Å². The van der Waals surface area contributed by atoms with Gasteiger partial charge in [-0.15, -0.1) is 6.58 Å². The molecule has 0 amide bonds. The van der Waals surface area contributed by atoms with Gasteiger partial charge in [-0.25, -0.2) is 0 Å². The Morgan fingerprint density at radius 1 is 0.864 bits per heavy atom. The molecule has 0 saturated carbocycles. The molecule has 216 valence electrons. The van der Waals surface area contributed by atoms with Crippen LogP contribution in [0.2, 0.25) is 0 Å². The first-order valence-corrected chi connectivity index (χ1v) is 15.6. The average molecular weight is 570 g/mol. The van der Waals surface area contributed by atoms with Crippen molar-refractivity contribution in [1.82, 2.24) is 4.98 Å². The molecule has 1 heterocycles. The Labute approximate surface area is 262 Å². The monoisotopic (exact) mass is 569 g/mol. The molecule has 0 aliphatic heterocycles. The highest BCUT2D eigenvalue weighted by Crippen LogP contribution is 2.39. The van der Waals surface area contributed by atoms with E-state index < -0.39 is 0 Å². The Bertz CT molecular complexity index is 1880. The van der Waals surface area contributed by atoms with Crippen molar-refractivity contribution in [1.29, 1.82) is 0 Å². The summed E-state index contributed by atoms with van der Waals surface area (Å²) in [5, 5.41) is 5.29. The predicted octanol–water partition coefficient (Wildman–Crippen LogP) is 11.6. The van der Waals surface area contributed by atoms with E-state index in [-0.39, 0.29) is 11.8 Å². The van der Waals surface area contributed by atoms with Crippen molar-refractivity contribution in [3.8, 4) is 0 Å². The SMILES string of the molecule is C=CCC(/C=C\C)c1c2ccccc2c(C/C=C\c2cc(C3=CC(c4ccccn4)CC=C3)ccc2C=C)c2ccccc12. The highest BCUT2D eigenvalue weighted by atomic mass is 14.7. The Morgan fingerprint density at radius 2 is 1.59 bits per heavy atom. The van der Waals surface area contributed by atoms with Gasteiger partial charge in [-0.2, -0.15) is 0 Å². The Kier molecular flexibility index (Phi) is 8.94. The van der Waals surface area contributed by atoms with E-state index in [1.54, 1.807) is 0 Å². The maximum absolute atomic E-state index is 4.61. The molecule has 0 spiro atoms. The zero-order chi connectivity index (χ0) is 30.3. The minimum absolute atomic E-state index is 0.287. The standard InChI is InChI=1S/C43H39N/c1-4-15-32(16-5-2)43-40-22-9-7-20-38(40)37(39-21-8-10-23-41(39)43)24-14-18-33-29-35(27-26-31(33)6-3)34-17-13-19-36(30-34)42-25-11-12-28-44-42/h4-14,16-18,20-23,25-30,32,36H,1,3,15,19,24H2,2H3/b16-5-,18-14-. The number of pyridine rings is 1. The van der Waals surface area contributed by atoms with Crippen LogP contribution in [0.25, 0.3) is 39.3 Å². The summed E-state index contributed by atoms with van der Waals surface area (Å²) < 4.78 is 0. The van der Waals surface area contributed by atoms with Crippen molar-refractivity contribution in [3.63, 3.8) is 0 Å². The van der Waals surface area contributed by atoms with Crippen LogP contribution in [0.5, 0.6) is 0 Å². The maximum atomic E-state index is 4.61. The molecule has 0 bridgehead atoms. The van der Waals surface area contributed by atoms with E-state index in [0.29, 0.717) is 0 Å². The molecule has 2 unspecified atom stereocenters. The van der Waals surface area contributed by atoms with Gasteiger partial charge < -0.3 is 0 Å². The van der Waals surface area contributed by atoms with Gasteiger partial charge in [-0.1, -0.05) is 128 Å². The summed E-state index contributed by atoms with van der Waals surface area (Å²) in [4.78, 5) is 4.61. The molecule has 1 heteroatoms. The van der Waals surface area contributed by atoms with E-state index in [0.717, 1.165) is 30.5 Å². The second-order valence-corrected chi connectivity index (χ2v) is 11.4. The van der Waals surface area contributed by atoms with E-state index in [1.807, 2.05) is 24.4 Å². The third-order valence-corrected chi connectivity index (χ3v) is 8.70. The van der Waals surface area contributed by atoms with Crippen molar-refractivity contribution in [2.45, 2.75) is 38.0 Å². The third kappa shape index (κ3) is 5.92. The molecule has 4 aromatic carbocycles. The Morgan fingerprint density at radius 3 is 2.25 bits per heavy atom. The molecule has 0 radical (unpaired) electrons. The summed E-state index contributed by atoms with van der Waals surface area (Å²) in [6.45, 7) is 10.3. The highest BCUT2D eigenvalue weighted by Gasteiger charge is 2.18. The minimum atomic E-state index is 0.287. The molecule has 0 fully saturated rings. The zero-order valence-corrected chi connectivity index (χ0v) is 25.5. The van der Waals surface area contributed by atoms with E-state index in [9.17, 15) is 0 Å². The van der Waals surface area contributed by atoms with Crippen LogP contribution in [-0.4, -0.2) is 4.98 Å². The number of hydrogen-bond acceptors (Lipinski definition) is 1. The molecular formula is C43H39N. The molecule has 1 aromatic heterocycles. The van der Waals surface area contributed by atoms with E-state index >= 15 is 0 Å². The summed E-state index contributed by atoms with van der Waals surface area (Å²) in [6, 6.07) is 30.6. The Balaban J connectivity index is 1.38. The summed E-state index contributed by atoms with van der Waals surface area (Å²) in [6.07, 6.45) is 24.5. The summed E-state index contributed by atoms with van der Waals surface area (Å²) in [5.41, 5.74) is 8.63. The smallest absolute Gasteiger partial charge is 0.0475 e. The largest absolute Gasteiger partial charge is 0.261 e. The van der Waals surface area contributed by atoms with Crippen LogP contribution in [0, 0.1) is 0 Å². The molecule has 1 aliphatic rings. The molecule has 1 nitrogen and oxygen atoms in total. The number of hydrogen-bond donors (Lipinski definition) is 0. The second-order valence-electron chi connectivity index (χ2n) is 11.4. The van der Waals surface area contributed by atoms with Crippen LogP contribution >= 0.6 is 0 Å². The second kappa shape index (κ2) is 13.5. The normalized spacial score (nSPS) is 15.7. The molecule has 6 rings (SSSR count). The number of benzene rings is 4. The lowest BCUT2D eigenvalue weighted by Gasteiger charge is -2.21. The van der Waals surface area contributed by atoms with Gasteiger partial charge in [0.25, 0.3) is 0 Å². The summed E-state index contributed by atoms with van der Waals surface area (Å²) >= 11 is 0. The van der Waals surface area contributed by atoms with Crippen molar-refractivity contribution in [2.75, 3.05) is 0 Å². The molecule has 2 atom stereocenters. The maximum Gasteiger partial charge on any atom is 0.0475 e. The first-order valence-electron chi connectivity index (χ1n) is 15.6. The molecular weight excluding hydrogens is 530 g/mol. The van der Waals surface area contributed by atoms with Gasteiger partial charge in [0.15, 0.2) is 0 Å². The summed E-state index contributed by atoms with van der Waals surface area (Å²) in [5.74, 6) is 0.577. The molecule has 5 aromatic rings. The van der Waals surface area contributed by atoms with Gasteiger partial charge in [0, 0.05) is 23.7 Å². The number of fused-ring (bicyclic) bond motifs is 2. The molecule has 0 saturated heterocycles. The predicted molar refractivity (Wildman–Crippen MR) is 192 cm³/mol. The van der Waals surface area contributed by atoms with Crippen molar-refractivity contribution < 1.29 is 0 Å². The van der Waals surface area contributed by atoms with Gasteiger partial charge in [0.2, 0.25) is 0 Å². The van der Waals surface area contributed by atoms with E-state index in [2.05, 4.69) is 146 Å². The van der Waals surface area contributed by atoms with Crippen molar-refractivity contribution in [2.24, 2.45) is 0 Å². The van der Waals surface area contributed by atoms with Crippen LogP contribution in [0.4, 0.5) is 0 Å². The topological polar surface area (TPSA) is 12.9 Å². The zero-order valence-electron chi connectivity index (χ0n) is 25.5. The fourth-order valence-electron chi connectivity index (χ4n) is 6.64. The lowest BCUT2D eigenvalue weighted by molar-refractivity contribution is 0.818. The third-order valence-electron chi connectivity index (χ3n) is 8.70. The van der Waals surface area contributed by atoms with Gasteiger partial charge >= 0.3 is 0 Å².